The molecule has 1 atom stereocenters. The average molecular weight is 452 g/mol. The van der Waals surface area contributed by atoms with Gasteiger partial charge in [0.15, 0.2) is 6.61 Å². The molecule has 0 spiro atoms. The lowest BCUT2D eigenvalue weighted by Crippen LogP contribution is -2.42. The molecule has 1 aliphatic rings. The number of benzene rings is 2. The van der Waals surface area contributed by atoms with Crippen molar-refractivity contribution in [3.8, 4) is 5.75 Å². The van der Waals surface area contributed by atoms with Gasteiger partial charge in [-0.2, -0.15) is 13.2 Å². The highest BCUT2D eigenvalue weighted by Crippen LogP contribution is 2.38. The maximum Gasteiger partial charge on any atom is 0.418 e. The van der Waals surface area contributed by atoms with Crippen molar-refractivity contribution in [2.75, 3.05) is 37.9 Å². The third-order valence-corrected chi connectivity index (χ3v) is 5.38. The predicted molar refractivity (Wildman–Crippen MR) is 113 cm³/mol. The first-order valence-corrected chi connectivity index (χ1v) is 10.4. The van der Waals surface area contributed by atoms with Crippen LogP contribution in [0.2, 0.25) is 0 Å². The van der Waals surface area contributed by atoms with Crippen LogP contribution < -0.4 is 9.64 Å². The van der Waals surface area contributed by atoms with Gasteiger partial charge < -0.3 is 24.4 Å². The van der Waals surface area contributed by atoms with Crippen LogP contribution in [0.1, 0.15) is 24.5 Å². The van der Waals surface area contributed by atoms with Gasteiger partial charge in [-0.15, -0.1) is 0 Å². The number of nitrogens with zero attached hydrogens (tertiary/aromatic N) is 2. The van der Waals surface area contributed by atoms with Gasteiger partial charge >= 0.3 is 6.18 Å². The molecule has 1 N–H and O–H groups in total. The van der Waals surface area contributed by atoms with E-state index >= 15 is 0 Å². The summed E-state index contributed by atoms with van der Waals surface area (Å²) in [5, 5.41) is 9.08. The van der Waals surface area contributed by atoms with Gasteiger partial charge in [-0.3, -0.25) is 4.79 Å². The van der Waals surface area contributed by atoms with Crippen molar-refractivity contribution < 1.29 is 32.5 Å². The Bertz CT molecular complexity index is 890. The lowest BCUT2D eigenvalue weighted by atomic mass is 10.1. The SMILES string of the molecule is CCOCN(c1ccccc1C(F)(F)F)C1CCN(C(=O)COc2ccc(CO)cc2)C1. The number of alkyl halides is 3. The minimum Gasteiger partial charge on any atom is -0.484 e. The second-order valence-electron chi connectivity index (χ2n) is 7.48. The highest BCUT2D eigenvalue weighted by atomic mass is 19.4. The Morgan fingerprint density at radius 1 is 1.19 bits per heavy atom. The van der Waals surface area contributed by atoms with Crippen LogP contribution in [0.4, 0.5) is 18.9 Å². The van der Waals surface area contributed by atoms with E-state index in [2.05, 4.69) is 0 Å². The van der Waals surface area contributed by atoms with E-state index in [1.165, 1.54) is 12.1 Å². The van der Waals surface area contributed by atoms with Crippen molar-refractivity contribution in [1.29, 1.82) is 0 Å². The highest BCUT2D eigenvalue weighted by Gasteiger charge is 2.38. The zero-order valence-corrected chi connectivity index (χ0v) is 17.8. The Morgan fingerprint density at radius 2 is 1.91 bits per heavy atom. The fourth-order valence-electron chi connectivity index (χ4n) is 3.68. The Labute approximate surface area is 185 Å². The number of hydrogen-bond acceptors (Lipinski definition) is 5. The molecule has 1 unspecified atom stereocenters. The molecule has 1 saturated heterocycles. The summed E-state index contributed by atoms with van der Waals surface area (Å²) in [7, 11) is 0. The zero-order chi connectivity index (χ0) is 23.1. The fraction of sp³-hybridized carbons (Fsp3) is 0.435. The number of likely N-dealkylation sites (tertiary alicyclic amines) is 1. The summed E-state index contributed by atoms with van der Waals surface area (Å²) >= 11 is 0. The normalized spacial score (nSPS) is 16.3. The number of para-hydroxylation sites is 1. The second kappa shape index (κ2) is 10.7. The van der Waals surface area contributed by atoms with Gasteiger partial charge in [-0.05, 0) is 43.2 Å². The molecule has 0 aromatic heterocycles. The smallest absolute Gasteiger partial charge is 0.418 e. The molecule has 2 aromatic rings. The van der Waals surface area contributed by atoms with Gasteiger partial charge in [0.1, 0.15) is 12.5 Å². The van der Waals surface area contributed by atoms with E-state index in [1.54, 1.807) is 47.1 Å². The molecule has 2 aromatic carbocycles. The number of aliphatic hydroxyl groups excluding tert-OH is 1. The summed E-state index contributed by atoms with van der Waals surface area (Å²) in [5.41, 5.74) is 0.0618. The third-order valence-electron chi connectivity index (χ3n) is 5.38. The summed E-state index contributed by atoms with van der Waals surface area (Å²) < 4.78 is 51.7. The van der Waals surface area contributed by atoms with Gasteiger partial charge in [-0.1, -0.05) is 24.3 Å². The minimum absolute atomic E-state index is 0.00396. The molecule has 0 saturated carbocycles. The Morgan fingerprint density at radius 3 is 2.56 bits per heavy atom. The molecule has 3 rings (SSSR count). The summed E-state index contributed by atoms with van der Waals surface area (Å²) in [5.74, 6) is 0.266. The van der Waals surface area contributed by atoms with E-state index in [-0.39, 0.29) is 44.1 Å². The number of rotatable bonds is 9. The van der Waals surface area contributed by atoms with Crippen LogP contribution in [0.3, 0.4) is 0 Å². The van der Waals surface area contributed by atoms with Crippen molar-refractivity contribution >= 4 is 11.6 Å². The molecule has 0 bridgehead atoms. The van der Waals surface area contributed by atoms with Crippen LogP contribution >= 0.6 is 0 Å². The lowest BCUT2D eigenvalue weighted by molar-refractivity contribution is -0.137. The van der Waals surface area contributed by atoms with Crippen LogP contribution in [0.15, 0.2) is 48.5 Å². The first-order valence-electron chi connectivity index (χ1n) is 10.4. The van der Waals surface area contributed by atoms with Crippen molar-refractivity contribution in [2.24, 2.45) is 0 Å². The number of carbonyl (C=O) groups is 1. The van der Waals surface area contributed by atoms with E-state index in [0.29, 0.717) is 25.3 Å². The van der Waals surface area contributed by atoms with E-state index in [9.17, 15) is 18.0 Å². The summed E-state index contributed by atoms with van der Waals surface area (Å²) in [6.07, 6.45) is -3.97. The molecule has 1 heterocycles. The Balaban J connectivity index is 1.67. The number of carbonyl (C=O) groups excluding carboxylic acids is 1. The van der Waals surface area contributed by atoms with Gasteiger partial charge in [0.25, 0.3) is 5.91 Å². The quantitative estimate of drug-likeness (QED) is 0.589. The van der Waals surface area contributed by atoms with Crippen LogP contribution in [-0.4, -0.2) is 55.0 Å². The monoisotopic (exact) mass is 452 g/mol. The number of hydrogen-bond donors (Lipinski definition) is 1. The van der Waals surface area contributed by atoms with Crippen LogP contribution in [0, 0.1) is 0 Å². The van der Waals surface area contributed by atoms with Crippen molar-refractivity contribution in [3.05, 3.63) is 59.7 Å². The Kier molecular flexibility index (Phi) is 7.98. The van der Waals surface area contributed by atoms with E-state index < -0.39 is 11.7 Å². The summed E-state index contributed by atoms with van der Waals surface area (Å²) in [4.78, 5) is 15.8. The first-order chi connectivity index (χ1) is 15.3. The molecule has 1 aliphatic heterocycles. The molecular weight excluding hydrogens is 425 g/mol. The second-order valence-corrected chi connectivity index (χ2v) is 7.48. The summed E-state index contributed by atoms with van der Waals surface area (Å²) in [6, 6.07) is 11.9. The number of halogens is 3. The highest BCUT2D eigenvalue weighted by molar-refractivity contribution is 5.78. The predicted octanol–water partition coefficient (Wildman–Crippen LogP) is 3.68. The van der Waals surface area contributed by atoms with Crippen molar-refractivity contribution in [3.63, 3.8) is 0 Å². The van der Waals surface area contributed by atoms with Crippen LogP contribution in [-0.2, 0) is 22.3 Å². The lowest BCUT2D eigenvalue weighted by Gasteiger charge is -2.32. The van der Waals surface area contributed by atoms with Crippen molar-refractivity contribution in [2.45, 2.75) is 32.2 Å². The molecule has 1 fully saturated rings. The maximum absolute atomic E-state index is 13.6. The number of anilines is 1. The molecule has 32 heavy (non-hydrogen) atoms. The molecule has 9 heteroatoms. The zero-order valence-electron chi connectivity index (χ0n) is 17.8. The van der Waals surface area contributed by atoms with Crippen LogP contribution in [0.5, 0.6) is 5.75 Å². The minimum atomic E-state index is -4.49. The number of amides is 1. The molecule has 0 radical (unpaired) electrons. The first kappa shape index (κ1) is 23.9. The molecular formula is C23H27F3N2O4. The van der Waals surface area contributed by atoms with Crippen LogP contribution in [0.25, 0.3) is 0 Å². The largest absolute Gasteiger partial charge is 0.484 e. The topological polar surface area (TPSA) is 62.2 Å². The molecule has 0 aliphatic carbocycles. The molecule has 6 nitrogen and oxygen atoms in total. The van der Waals surface area contributed by atoms with Gasteiger partial charge in [-0.25, -0.2) is 0 Å². The van der Waals surface area contributed by atoms with E-state index in [1.807, 2.05) is 0 Å². The summed E-state index contributed by atoms with van der Waals surface area (Å²) in [6.45, 7) is 2.60. The Hall–Kier alpha value is -2.78. The average Bonchev–Trinajstić information content (AvgIpc) is 3.28. The third kappa shape index (κ3) is 5.92. The van der Waals surface area contributed by atoms with E-state index in [4.69, 9.17) is 14.6 Å². The van der Waals surface area contributed by atoms with E-state index in [0.717, 1.165) is 11.6 Å². The van der Waals surface area contributed by atoms with Gasteiger partial charge in [0, 0.05) is 19.7 Å². The van der Waals surface area contributed by atoms with Crippen molar-refractivity contribution in [1.82, 2.24) is 4.90 Å². The standard InChI is InChI=1S/C23H27F3N2O4/c1-2-31-16-28(21-6-4-3-5-20(21)23(24,25)26)18-11-12-27(13-18)22(30)15-32-19-9-7-17(14-29)8-10-19/h3-10,18,29H,2,11-16H2,1H3. The molecule has 1 amide bonds. The fourth-order valence-corrected chi connectivity index (χ4v) is 3.68. The van der Waals surface area contributed by atoms with Gasteiger partial charge in [0.2, 0.25) is 0 Å². The number of aliphatic hydroxyl groups is 1. The molecule has 174 valence electrons. The maximum atomic E-state index is 13.6. The number of ether oxygens (including phenoxy) is 2. The van der Waals surface area contributed by atoms with Gasteiger partial charge in [0.05, 0.1) is 23.9 Å².